The van der Waals surface area contributed by atoms with Crippen molar-refractivity contribution in [3.8, 4) is 11.6 Å². The third kappa shape index (κ3) is 4.04. The van der Waals surface area contributed by atoms with Crippen molar-refractivity contribution in [2.24, 2.45) is 0 Å². The Labute approximate surface area is 135 Å². The number of amides is 1. The van der Waals surface area contributed by atoms with Crippen LogP contribution in [0, 0.1) is 0 Å². The van der Waals surface area contributed by atoms with Gasteiger partial charge in [-0.25, -0.2) is 4.98 Å². The van der Waals surface area contributed by atoms with Crippen LogP contribution >= 0.6 is 0 Å². The van der Waals surface area contributed by atoms with Gasteiger partial charge in [0.15, 0.2) is 0 Å². The zero-order valence-corrected chi connectivity index (χ0v) is 13.1. The first-order valence-electron chi connectivity index (χ1n) is 7.79. The monoisotopic (exact) mass is 312 g/mol. The van der Waals surface area contributed by atoms with Crippen molar-refractivity contribution in [3.05, 3.63) is 42.4 Å². The molecule has 2 aromatic rings. The highest BCUT2D eigenvalue weighted by Gasteiger charge is 2.21. The van der Waals surface area contributed by atoms with Gasteiger partial charge in [-0.05, 0) is 31.5 Å². The number of nitrogens with one attached hydrogen (secondary N) is 2. The van der Waals surface area contributed by atoms with Crippen LogP contribution in [0.1, 0.15) is 31.4 Å². The lowest BCUT2D eigenvalue weighted by Gasteiger charge is -2.23. The summed E-state index contributed by atoms with van der Waals surface area (Å²) in [6.07, 6.45) is 5.53. The van der Waals surface area contributed by atoms with Gasteiger partial charge in [-0.15, -0.1) is 0 Å². The molecule has 120 valence electrons. The van der Waals surface area contributed by atoms with Crippen LogP contribution < -0.4 is 15.4 Å². The van der Waals surface area contributed by atoms with Gasteiger partial charge in [0.05, 0.1) is 0 Å². The molecule has 0 radical (unpaired) electrons. The summed E-state index contributed by atoms with van der Waals surface area (Å²) in [5, 5.41) is 6.13. The Morgan fingerprint density at radius 3 is 3.00 bits per heavy atom. The molecule has 0 bridgehead atoms. The molecule has 1 atom stereocenters. The van der Waals surface area contributed by atoms with Gasteiger partial charge in [0, 0.05) is 43.5 Å². The van der Waals surface area contributed by atoms with Crippen molar-refractivity contribution < 1.29 is 9.53 Å². The summed E-state index contributed by atoms with van der Waals surface area (Å²) >= 11 is 0. The van der Waals surface area contributed by atoms with Gasteiger partial charge in [0.25, 0.3) is 0 Å². The quantitative estimate of drug-likeness (QED) is 0.908. The molecule has 1 aromatic heterocycles. The minimum Gasteiger partial charge on any atom is -0.437 e. The second kappa shape index (κ2) is 7.19. The number of benzene rings is 1. The molecule has 1 aliphatic heterocycles. The van der Waals surface area contributed by atoms with E-state index in [0.29, 0.717) is 23.2 Å². The molecule has 1 aliphatic rings. The van der Waals surface area contributed by atoms with E-state index in [1.165, 1.54) is 6.92 Å². The summed E-state index contributed by atoms with van der Waals surface area (Å²) in [7, 11) is 0. The van der Waals surface area contributed by atoms with E-state index >= 15 is 0 Å². The van der Waals surface area contributed by atoms with Crippen LogP contribution in [0.15, 0.2) is 36.7 Å². The molecular weight excluding hydrogens is 292 g/mol. The van der Waals surface area contributed by atoms with E-state index in [-0.39, 0.29) is 5.91 Å². The molecule has 0 spiro atoms. The van der Waals surface area contributed by atoms with Crippen molar-refractivity contribution in [2.45, 2.75) is 25.7 Å². The topological polar surface area (TPSA) is 76.1 Å². The van der Waals surface area contributed by atoms with Crippen LogP contribution in [-0.4, -0.2) is 29.0 Å². The molecule has 1 fully saturated rings. The number of aromatic nitrogens is 2. The molecule has 1 saturated heterocycles. The number of hydrogen-bond donors (Lipinski definition) is 2. The van der Waals surface area contributed by atoms with Gasteiger partial charge in [-0.1, -0.05) is 6.07 Å². The third-order valence-electron chi connectivity index (χ3n) is 3.74. The Balaban J connectivity index is 1.81. The van der Waals surface area contributed by atoms with Crippen LogP contribution in [0.4, 0.5) is 5.69 Å². The molecular formula is C17H20N4O2. The number of anilines is 1. The van der Waals surface area contributed by atoms with Crippen molar-refractivity contribution in [2.75, 3.05) is 18.4 Å². The SMILES string of the molecule is CC(=O)Nc1cccc(Oc2nccnc2[C@H]2CCCNC2)c1. The minimum atomic E-state index is -0.115. The van der Waals surface area contributed by atoms with Crippen LogP contribution in [0.2, 0.25) is 0 Å². The Morgan fingerprint density at radius 2 is 2.22 bits per heavy atom. The Morgan fingerprint density at radius 1 is 1.35 bits per heavy atom. The summed E-state index contributed by atoms with van der Waals surface area (Å²) < 4.78 is 5.93. The number of nitrogens with zero attached hydrogens (tertiary/aromatic N) is 2. The van der Waals surface area contributed by atoms with E-state index < -0.39 is 0 Å². The molecule has 0 aliphatic carbocycles. The molecule has 2 heterocycles. The average Bonchev–Trinajstić information content (AvgIpc) is 2.56. The molecule has 1 aromatic carbocycles. The lowest BCUT2D eigenvalue weighted by molar-refractivity contribution is -0.114. The molecule has 0 saturated carbocycles. The summed E-state index contributed by atoms with van der Waals surface area (Å²) in [4.78, 5) is 20.0. The Hall–Kier alpha value is -2.47. The molecule has 2 N–H and O–H groups in total. The van der Waals surface area contributed by atoms with Crippen LogP contribution in [0.5, 0.6) is 11.6 Å². The summed E-state index contributed by atoms with van der Waals surface area (Å²) in [5.74, 6) is 1.35. The van der Waals surface area contributed by atoms with Crippen LogP contribution in [0.3, 0.4) is 0 Å². The zero-order valence-electron chi connectivity index (χ0n) is 13.1. The second-order valence-corrected chi connectivity index (χ2v) is 5.60. The lowest BCUT2D eigenvalue weighted by Crippen LogP contribution is -2.29. The van der Waals surface area contributed by atoms with E-state index in [1.807, 2.05) is 18.2 Å². The predicted octanol–water partition coefficient (Wildman–Crippen LogP) is 2.69. The standard InChI is InChI=1S/C17H20N4O2/c1-12(22)21-14-5-2-6-15(10-14)23-17-16(19-8-9-20-17)13-4-3-7-18-11-13/h2,5-6,8-10,13,18H,3-4,7,11H2,1H3,(H,21,22)/t13-/m0/s1. The highest BCUT2D eigenvalue weighted by molar-refractivity contribution is 5.88. The first kappa shape index (κ1) is 15.4. The van der Waals surface area contributed by atoms with Crippen molar-refractivity contribution in [1.29, 1.82) is 0 Å². The van der Waals surface area contributed by atoms with Gasteiger partial charge >= 0.3 is 0 Å². The number of hydrogen-bond acceptors (Lipinski definition) is 5. The van der Waals surface area contributed by atoms with Gasteiger partial charge in [-0.2, -0.15) is 0 Å². The second-order valence-electron chi connectivity index (χ2n) is 5.60. The molecule has 6 heteroatoms. The highest BCUT2D eigenvalue weighted by atomic mass is 16.5. The van der Waals surface area contributed by atoms with Gasteiger partial charge in [-0.3, -0.25) is 9.78 Å². The lowest BCUT2D eigenvalue weighted by atomic mass is 9.96. The molecule has 6 nitrogen and oxygen atoms in total. The van der Waals surface area contributed by atoms with E-state index in [2.05, 4.69) is 20.6 Å². The fourth-order valence-corrected chi connectivity index (χ4v) is 2.73. The van der Waals surface area contributed by atoms with Crippen molar-refractivity contribution >= 4 is 11.6 Å². The number of piperidine rings is 1. The maximum Gasteiger partial charge on any atom is 0.241 e. The fraction of sp³-hybridized carbons (Fsp3) is 0.353. The zero-order chi connectivity index (χ0) is 16.1. The predicted molar refractivity (Wildman–Crippen MR) is 87.7 cm³/mol. The molecule has 0 unspecified atom stereocenters. The van der Waals surface area contributed by atoms with Gasteiger partial charge in [0.2, 0.25) is 11.8 Å². The number of carbonyl (C=O) groups excluding carboxylic acids is 1. The molecule has 3 rings (SSSR count). The normalized spacial score (nSPS) is 17.5. The third-order valence-corrected chi connectivity index (χ3v) is 3.74. The first-order chi connectivity index (χ1) is 11.2. The van der Waals surface area contributed by atoms with E-state index in [1.54, 1.807) is 18.5 Å². The van der Waals surface area contributed by atoms with Crippen LogP contribution in [0.25, 0.3) is 0 Å². The molecule has 23 heavy (non-hydrogen) atoms. The summed E-state index contributed by atoms with van der Waals surface area (Å²) in [6.45, 7) is 3.41. The van der Waals surface area contributed by atoms with Crippen molar-refractivity contribution in [3.63, 3.8) is 0 Å². The van der Waals surface area contributed by atoms with E-state index in [0.717, 1.165) is 31.6 Å². The minimum absolute atomic E-state index is 0.115. The maximum absolute atomic E-state index is 11.2. The van der Waals surface area contributed by atoms with Crippen LogP contribution in [-0.2, 0) is 4.79 Å². The number of carbonyl (C=O) groups is 1. The average molecular weight is 312 g/mol. The van der Waals surface area contributed by atoms with E-state index in [4.69, 9.17) is 4.74 Å². The maximum atomic E-state index is 11.2. The van der Waals surface area contributed by atoms with E-state index in [9.17, 15) is 4.79 Å². The smallest absolute Gasteiger partial charge is 0.241 e. The van der Waals surface area contributed by atoms with Gasteiger partial charge < -0.3 is 15.4 Å². The number of ether oxygens (including phenoxy) is 1. The largest absolute Gasteiger partial charge is 0.437 e. The summed E-state index contributed by atoms with van der Waals surface area (Å²) in [5.41, 5.74) is 1.57. The Kier molecular flexibility index (Phi) is 4.83. The fourth-order valence-electron chi connectivity index (χ4n) is 2.73. The first-order valence-corrected chi connectivity index (χ1v) is 7.79. The van der Waals surface area contributed by atoms with Crippen molar-refractivity contribution in [1.82, 2.24) is 15.3 Å². The number of rotatable bonds is 4. The molecule has 1 amide bonds. The summed E-state index contributed by atoms with van der Waals surface area (Å²) in [6, 6.07) is 7.26. The van der Waals surface area contributed by atoms with Gasteiger partial charge in [0.1, 0.15) is 11.4 Å². The Bertz CT molecular complexity index is 684. The highest BCUT2D eigenvalue weighted by Crippen LogP contribution is 2.31.